The van der Waals surface area contributed by atoms with E-state index in [1.54, 1.807) is 53.1 Å². The van der Waals surface area contributed by atoms with Gasteiger partial charge in [-0.25, -0.2) is 4.98 Å². The molecule has 2 aromatic carbocycles. The number of carbonyl (C=O) groups is 2. The molecule has 1 fully saturated rings. The van der Waals surface area contributed by atoms with Crippen molar-refractivity contribution in [1.82, 2.24) is 14.7 Å². The smallest absolute Gasteiger partial charge is 0.355 e. The first-order valence-corrected chi connectivity index (χ1v) is 13.0. The molecule has 1 aliphatic carbocycles. The minimum atomic E-state index is -4.39. The van der Waals surface area contributed by atoms with E-state index >= 15 is 0 Å². The van der Waals surface area contributed by atoms with Gasteiger partial charge < -0.3 is 10.6 Å². The van der Waals surface area contributed by atoms with E-state index in [0.717, 1.165) is 49.8 Å². The van der Waals surface area contributed by atoms with Crippen LogP contribution < -0.4 is 10.6 Å². The summed E-state index contributed by atoms with van der Waals surface area (Å²) in [6.07, 6.45) is 1.89. The summed E-state index contributed by atoms with van der Waals surface area (Å²) < 4.78 is 40.9. The molecule has 2 N–H and O–H groups in total. The third-order valence-electron chi connectivity index (χ3n) is 7.41. The van der Waals surface area contributed by atoms with Crippen molar-refractivity contribution in [3.63, 3.8) is 0 Å². The van der Waals surface area contributed by atoms with Crippen LogP contribution in [0.3, 0.4) is 0 Å². The molecule has 0 unspecified atom stereocenters. The number of benzene rings is 2. The van der Waals surface area contributed by atoms with Crippen LogP contribution in [0, 0.1) is 0 Å². The monoisotopic (exact) mass is 534 g/mol. The highest BCUT2D eigenvalue weighted by Gasteiger charge is 2.36. The van der Waals surface area contributed by atoms with Crippen LogP contribution in [0.25, 0.3) is 5.65 Å². The van der Waals surface area contributed by atoms with Crippen molar-refractivity contribution in [3.05, 3.63) is 102 Å². The van der Waals surface area contributed by atoms with Crippen molar-refractivity contribution < 1.29 is 22.8 Å². The van der Waals surface area contributed by atoms with E-state index < -0.39 is 17.2 Å². The van der Waals surface area contributed by atoms with Crippen molar-refractivity contribution in [2.45, 2.75) is 50.1 Å². The summed E-state index contributed by atoms with van der Waals surface area (Å²) in [5, 5.41) is 5.87. The van der Waals surface area contributed by atoms with Crippen LogP contribution in [0.5, 0.6) is 0 Å². The highest BCUT2D eigenvalue weighted by molar-refractivity contribution is 6.03. The maximum atomic E-state index is 13.1. The van der Waals surface area contributed by atoms with E-state index in [0.29, 0.717) is 29.3 Å². The highest BCUT2D eigenvalue weighted by atomic mass is 19.4. The predicted octanol–water partition coefficient (Wildman–Crippen LogP) is 6.17. The summed E-state index contributed by atoms with van der Waals surface area (Å²) in [7, 11) is 0. The molecule has 1 saturated carbocycles. The number of carbonyl (C=O) groups excluding carboxylic acids is 2. The van der Waals surface area contributed by atoms with E-state index in [1.165, 1.54) is 0 Å². The molecule has 2 aromatic heterocycles. The largest absolute Gasteiger partial charge is 0.416 e. The van der Waals surface area contributed by atoms with Crippen LogP contribution in [-0.2, 0) is 22.8 Å². The Bertz CT molecular complexity index is 1460. The van der Waals surface area contributed by atoms with Crippen molar-refractivity contribution in [2.24, 2.45) is 0 Å². The molecule has 4 aromatic rings. The number of amides is 2. The number of hydrogen-bond donors (Lipinski definition) is 2. The summed E-state index contributed by atoms with van der Waals surface area (Å²) in [5.74, 6) is -0.526. The molecule has 0 atom stereocenters. The fourth-order valence-corrected chi connectivity index (χ4v) is 5.35. The normalized spacial score (nSPS) is 15.2. The summed E-state index contributed by atoms with van der Waals surface area (Å²) >= 11 is 0. The van der Waals surface area contributed by atoms with Crippen LogP contribution in [0.15, 0.2) is 79.0 Å². The zero-order valence-electron chi connectivity index (χ0n) is 21.3. The second kappa shape index (κ2) is 10.9. The van der Waals surface area contributed by atoms with Gasteiger partial charge in [-0.2, -0.15) is 13.2 Å². The topological polar surface area (TPSA) is 75.5 Å². The Balaban J connectivity index is 1.28. The second-order valence-corrected chi connectivity index (χ2v) is 10.1. The number of rotatable bonds is 7. The summed E-state index contributed by atoms with van der Waals surface area (Å²) in [5.41, 5.74) is 1.86. The average molecular weight is 535 g/mol. The average Bonchev–Trinajstić information content (AvgIpc) is 3.35. The van der Waals surface area contributed by atoms with Crippen LogP contribution >= 0.6 is 0 Å². The Morgan fingerprint density at radius 3 is 2.31 bits per heavy atom. The maximum absolute atomic E-state index is 13.1. The highest BCUT2D eigenvalue weighted by Crippen LogP contribution is 2.40. The number of imidazole rings is 1. The van der Waals surface area contributed by atoms with Crippen molar-refractivity contribution >= 4 is 23.1 Å². The lowest BCUT2D eigenvalue weighted by molar-refractivity contribution is -0.137. The van der Waals surface area contributed by atoms with Gasteiger partial charge in [-0.05, 0) is 54.8 Å². The maximum Gasteiger partial charge on any atom is 0.416 e. The number of pyridine rings is 1. The van der Waals surface area contributed by atoms with E-state index in [-0.39, 0.29) is 18.2 Å². The van der Waals surface area contributed by atoms with Crippen molar-refractivity contribution in [1.29, 1.82) is 0 Å². The summed E-state index contributed by atoms with van der Waals surface area (Å²) in [4.78, 5) is 30.4. The standard InChI is InChI=1S/C30H29F3N4O2/c31-30(32,33)22-14-12-21(13-15-22)29(16-5-2-6-17-29)20-34-27(38)18-24-19-37-25(10-7-11-26(37)35-24)28(39)36-23-8-3-1-4-9-23/h1,3-4,7-15,19H,2,5-6,16-18,20H2,(H,34,38)(H,36,39). The number of halogens is 3. The number of nitrogens with one attached hydrogen (secondary N) is 2. The molecule has 1 aliphatic rings. The number of para-hydroxylation sites is 1. The zero-order valence-corrected chi connectivity index (χ0v) is 21.3. The number of aromatic nitrogens is 2. The summed E-state index contributed by atoms with van der Waals surface area (Å²) in [6, 6.07) is 19.7. The first kappa shape index (κ1) is 26.5. The second-order valence-electron chi connectivity index (χ2n) is 10.1. The molecule has 0 spiro atoms. The van der Waals surface area contributed by atoms with E-state index in [9.17, 15) is 22.8 Å². The van der Waals surface area contributed by atoms with Crippen molar-refractivity contribution in [3.8, 4) is 0 Å². The van der Waals surface area contributed by atoms with Crippen molar-refractivity contribution in [2.75, 3.05) is 11.9 Å². The summed E-state index contributed by atoms with van der Waals surface area (Å²) in [6.45, 7) is 0.343. The minimum absolute atomic E-state index is 0.0184. The van der Waals surface area contributed by atoms with Crippen LogP contribution in [0.1, 0.15) is 59.4 Å². The molecular weight excluding hydrogens is 505 g/mol. The van der Waals surface area contributed by atoms with Crippen LogP contribution in [-0.4, -0.2) is 27.7 Å². The van der Waals surface area contributed by atoms with E-state index in [2.05, 4.69) is 15.6 Å². The Hall–Kier alpha value is -4.14. The van der Waals surface area contributed by atoms with Gasteiger partial charge in [-0.3, -0.25) is 14.0 Å². The Kier molecular flexibility index (Phi) is 7.41. The Labute approximate surface area is 224 Å². The fraction of sp³-hybridized carbons (Fsp3) is 0.300. The van der Waals surface area contributed by atoms with Gasteiger partial charge in [0.2, 0.25) is 5.91 Å². The minimum Gasteiger partial charge on any atom is -0.355 e. The molecule has 39 heavy (non-hydrogen) atoms. The van der Waals surface area contributed by atoms with E-state index in [4.69, 9.17) is 0 Å². The Morgan fingerprint density at radius 1 is 0.897 bits per heavy atom. The van der Waals surface area contributed by atoms with Gasteiger partial charge in [0.25, 0.3) is 5.91 Å². The molecule has 6 nitrogen and oxygen atoms in total. The van der Waals surface area contributed by atoms with Crippen LogP contribution in [0.2, 0.25) is 0 Å². The molecule has 5 rings (SSSR count). The van der Waals surface area contributed by atoms with Gasteiger partial charge >= 0.3 is 6.18 Å². The Morgan fingerprint density at radius 2 is 1.62 bits per heavy atom. The molecule has 0 radical (unpaired) electrons. The first-order valence-electron chi connectivity index (χ1n) is 13.0. The molecule has 0 bridgehead atoms. The predicted molar refractivity (Wildman–Crippen MR) is 143 cm³/mol. The molecule has 9 heteroatoms. The molecule has 0 saturated heterocycles. The van der Waals surface area contributed by atoms with Gasteiger partial charge in [0.15, 0.2) is 0 Å². The number of alkyl halides is 3. The van der Waals surface area contributed by atoms with Gasteiger partial charge in [0.05, 0.1) is 17.7 Å². The number of fused-ring (bicyclic) bond motifs is 1. The lowest BCUT2D eigenvalue weighted by Crippen LogP contribution is -2.42. The molecule has 202 valence electrons. The number of nitrogens with zero attached hydrogens (tertiary/aromatic N) is 2. The zero-order chi connectivity index (χ0) is 27.5. The van der Waals surface area contributed by atoms with Gasteiger partial charge in [0.1, 0.15) is 11.3 Å². The molecule has 0 aliphatic heterocycles. The first-order chi connectivity index (χ1) is 18.7. The van der Waals surface area contributed by atoms with Crippen LogP contribution in [0.4, 0.5) is 18.9 Å². The molecular formula is C30H29F3N4O2. The van der Waals surface area contributed by atoms with Gasteiger partial charge in [-0.15, -0.1) is 0 Å². The van der Waals surface area contributed by atoms with Gasteiger partial charge in [-0.1, -0.05) is 55.7 Å². The lowest BCUT2D eigenvalue weighted by atomic mass is 9.69. The fourth-order valence-electron chi connectivity index (χ4n) is 5.35. The lowest BCUT2D eigenvalue weighted by Gasteiger charge is -2.38. The molecule has 2 amide bonds. The third kappa shape index (κ3) is 5.97. The van der Waals surface area contributed by atoms with Gasteiger partial charge in [0, 0.05) is 23.8 Å². The SMILES string of the molecule is O=C(Cc1cn2c(C(=O)Nc3ccccc3)cccc2n1)NCC1(c2ccc(C(F)(F)F)cc2)CCCCC1. The molecule has 2 heterocycles. The van der Waals surface area contributed by atoms with E-state index in [1.807, 2.05) is 18.2 Å². The number of anilines is 1. The number of hydrogen-bond acceptors (Lipinski definition) is 3. The quantitative estimate of drug-likeness (QED) is 0.298. The third-order valence-corrected chi connectivity index (χ3v) is 7.41.